The van der Waals surface area contributed by atoms with Crippen molar-refractivity contribution in [2.75, 3.05) is 7.11 Å². The van der Waals surface area contributed by atoms with Gasteiger partial charge in [0, 0.05) is 22.5 Å². The molecule has 5 rings (SSSR count). The van der Waals surface area contributed by atoms with Crippen molar-refractivity contribution in [3.8, 4) is 11.5 Å². The Bertz CT molecular complexity index is 1610. The molecule has 0 atom stereocenters. The van der Waals surface area contributed by atoms with Crippen molar-refractivity contribution in [3.05, 3.63) is 103 Å². The molecule has 0 bridgehead atoms. The molecule has 0 amide bonds. The number of fused-ring (bicyclic) bond motifs is 1. The van der Waals surface area contributed by atoms with Crippen molar-refractivity contribution >= 4 is 38.7 Å². The average Bonchev–Trinajstić information content (AvgIpc) is 2.96. The maximum Gasteiger partial charge on any atom is 0.282 e. The zero-order chi connectivity index (χ0) is 27.4. The molecule has 3 aromatic carbocycles. The molecule has 1 heterocycles. The minimum atomic E-state index is -0.437. The van der Waals surface area contributed by atoms with Crippen LogP contribution in [0.3, 0.4) is 0 Å². The van der Waals surface area contributed by atoms with E-state index >= 15 is 0 Å². The molecule has 0 radical (unpaired) electrons. The van der Waals surface area contributed by atoms with Crippen LogP contribution in [-0.4, -0.2) is 27.9 Å². The Morgan fingerprint density at radius 3 is 2.69 bits per heavy atom. The van der Waals surface area contributed by atoms with Crippen LogP contribution in [0, 0.1) is 10.1 Å². The molecule has 200 valence electrons. The summed E-state index contributed by atoms with van der Waals surface area (Å²) < 4.78 is 13.6. The maximum atomic E-state index is 13.5. The number of nitro benzene ring substituents is 1. The van der Waals surface area contributed by atoms with Crippen LogP contribution in [0.2, 0.25) is 0 Å². The molecular weight excluding hydrogens is 564 g/mol. The van der Waals surface area contributed by atoms with Crippen molar-refractivity contribution in [2.45, 2.75) is 44.6 Å². The van der Waals surface area contributed by atoms with Gasteiger partial charge in [0.2, 0.25) is 0 Å². The Morgan fingerprint density at radius 1 is 1.10 bits per heavy atom. The van der Waals surface area contributed by atoms with E-state index in [0.29, 0.717) is 39.4 Å². The molecule has 0 saturated heterocycles. The average molecular weight is 591 g/mol. The van der Waals surface area contributed by atoms with E-state index in [0.717, 1.165) is 30.2 Å². The lowest BCUT2D eigenvalue weighted by Crippen LogP contribution is -2.25. The normalized spacial score (nSPS) is 14.1. The van der Waals surface area contributed by atoms with Crippen LogP contribution in [-0.2, 0) is 6.61 Å². The standard InChI is InChI=1S/C29H27BrN4O5/c1-38-27-15-19(10-13-26(27)39-18-20-6-5-9-23(14-20)34(36)37)17-31-33-28(21-7-3-2-4-8-21)32-25-12-11-22(30)16-24(25)29(33)35/h5-6,9-17,21H,2-4,7-8,18H2,1H3. The Hall–Kier alpha value is -4.05. The number of methoxy groups -OCH3 is 1. The highest BCUT2D eigenvalue weighted by atomic mass is 79.9. The Kier molecular flexibility index (Phi) is 8.02. The molecule has 10 heteroatoms. The van der Waals surface area contributed by atoms with Crippen molar-refractivity contribution in [2.24, 2.45) is 5.10 Å². The second-order valence-electron chi connectivity index (χ2n) is 9.45. The molecule has 0 N–H and O–H groups in total. The number of nitrogens with zero attached hydrogens (tertiary/aromatic N) is 4. The fourth-order valence-corrected chi connectivity index (χ4v) is 5.19. The number of hydrogen-bond acceptors (Lipinski definition) is 7. The first kappa shape index (κ1) is 26.6. The van der Waals surface area contributed by atoms with E-state index in [9.17, 15) is 14.9 Å². The van der Waals surface area contributed by atoms with Crippen LogP contribution in [0.5, 0.6) is 11.5 Å². The van der Waals surface area contributed by atoms with Gasteiger partial charge in [-0.2, -0.15) is 9.78 Å². The van der Waals surface area contributed by atoms with Crippen molar-refractivity contribution in [1.29, 1.82) is 0 Å². The summed E-state index contributed by atoms with van der Waals surface area (Å²) in [5.41, 5.74) is 1.85. The van der Waals surface area contributed by atoms with Gasteiger partial charge in [-0.15, -0.1) is 0 Å². The van der Waals surface area contributed by atoms with Crippen LogP contribution in [0.15, 0.2) is 75.0 Å². The molecule has 1 saturated carbocycles. The molecule has 39 heavy (non-hydrogen) atoms. The van der Waals surface area contributed by atoms with Crippen molar-refractivity contribution in [3.63, 3.8) is 0 Å². The first-order valence-corrected chi connectivity index (χ1v) is 13.5. The van der Waals surface area contributed by atoms with E-state index in [1.54, 1.807) is 36.5 Å². The fourth-order valence-electron chi connectivity index (χ4n) is 4.83. The van der Waals surface area contributed by atoms with E-state index < -0.39 is 4.92 Å². The highest BCUT2D eigenvalue weighted by Gasteiger charge is 2.22. The minimum Gasteiger partial charge on any atom is -0.493 e. The highest BCUT2D eigenvalue weighted by Crippen LogP contribution is 2.32. The van der Waals surface area contributed by atoms with Gasteiger partial charge in [0.05, 0.1) is 29.2 Å². The van der Waals surface area contributed by atoms with Crippen LogP contribution >= 0.6 is 15.9 Å². The molecule has 1 aliphatic rings. The predicted molar refractivity (Wildman–Crippen MR) is 153 cm³/mol. The summed E-state index contributed by atoms with van der Waals surface area (Å²) in [6.45, 7) is 0.143. The van der Waals surface area contributed by atoms with E-state index in [1.165, 1.54) is 30.3 Å². The largest absolute Gasteiger partial charge is 0.493 e. The molecule has 0 aliphatic heterocycles. The van der Waals surface area contributed by atoms with Gasteiger partial charge in [-0.3, -0.25) is 14.9 Å². The monoisotopic (exact) mass is 590 g/mol. The third kappa shape index (κ3) is 6.01. The number of rotatable bonds is 8. The molecule has 4 aromatic rings. The van der Waals surface area contributed by atoms with Gasteiger partial charge in [-0.1, -0.05) is 47.3 Å². The zero-order valence-corrected chi connectivity index (χ0v) is 23.0. The fraction of sp³-hybridized carbons (Fsp3) is 0.276. The number of halogens is 1. The van der Waals surface area contributed by atoms with Crippen LogP contribution in [0.25, 0.3) is 10.9 Å². The summed E-state index contributed by atoms with van der Waals surface area (Å²) in [4.78, 5) is 29.0. The lowest BCUT2D eigenvalue weighted by molar-refractivity contribution is -0.384. The quantitative estimate of drug-likeness (QED) is 0.130. The summed E-state index contributed by atoms with van der Waals surface area (Å²) >= 11 is 3.45. The second kappa shape index (κ2) is 11.8. The topological polar surface area (TPSA) is 109 Å². The summed E-state index contributed by atoms with van der Waals surface area (Å²) in [6.07, 6.45) is 6.99. The minimum absolute atomic E-state index is 0.00741. The number of ether oxygens (including phenoxy) is 2. The zero-order valence-electron chi connectivity index (χ0n) is 21.4. The Morgan fingerprint density at radius 2 is 1.92 bits per heavy atom. The molecular formula is C29H27BrN4O5. The van der Waals surface area contributed by atoms with Crippen LogP contribution < -0.4 is 15.0 Å². The summed E-state index contributed by atoms with van der Waals surface area (Å²) in [6, 6.07) is 17.2. The van der Waals surface area contributed by atoms with E-state index in [1.807, 2.05) is 18.2 Å². The SMILES string of the molecule is COc1cc(C=Nn2c(C3CCCCC3)nc3ccc(Br)cc3c2=O)ccc1OCc1cccc([N+](=O)[O-])c1. The van der Waals surface area contributed by atoms with Gasteiger partial charge in [-0.25, -0.2) is 4.98 Å². The summed E-state index contributed by atoms with van der Waals surface area (Å²) in [5.74, 6) is 1.83. The van der Waals surface area contributed by atoms with Crippen LogP contribution in [0.1, 0.15) is 55.0 Å². The van der Waals surface area contributed by atoms with E-state index in [2.05, 4.69) is 21.0 Å². The lowest BCUT2D eigenvalue weighted by atomic mass is 9.88. The predicted octanol–water partition coefficient (Wildman–Crippen LogP) is 6.58. The second-order valence-corrected chi connectivity index (χ2v) is 10.4. The Balaban J connectivity index is 1.44. The lowest BCUT2D eigenvalue weighted by Gasteiger charge is -2.22. The van der Waals surface area contributed by atoms with E-state index in [-0.39, 0.29) is 23.8 Å². The van der Waals surface area contributed by atoms with Gasteiger partial charge in [0.25, 0.3) is 11.2 Å². The number of hydrogen-bond donors (Lipinski definition) is 0. The third-order valence-electron chi connectivity index (χ3n) is 6.83. The van der Waals surface area contributed by atoms with Gasteiger partial charge in [0.15, 0.2) is 11.5 Å². The van der Waals surface area contributed by atoms with Crippen molar-refractivity contribution in [1.82, 2.24) is 9.66 Å². The molecule has 1 aromatic heterocycles. The smallest absolute Gasteiger partial charge is 0.282 e. The molecule has 1 fully saturated rings. The van der Waals surface area contributed by atoms with Gasteiger partial charge in [0.1, 0.15) is 12.4 Å². The first-order valence-electron chi connectivity index (χ1n) is 12.7. The number of aromatic nitrogens is 2. The van der Waals surface area contributed by atoms with Gasteiger partial charge < -0.3 is 9.47 Å². The first-order chi connectivity index (χ1) is 18.9. The maximum absolute atomic E-state index is 13.5. The third-order valence-corrected chi connectivity index (χ3v) is 7.32. The molecule has 9 nitrogen and oxygen atoms in total. The number of non-ortho nitro benzene ring substituents is 1. The number of benzene rings is 3. The van der Waals surface area contributed by atoms with Gasteiger partial charge in [-0.05, 0) is 60.4 Å². The molecule has 1 aliphatic carbocycles. The summed E-state index contributed by atoms with van der Waals surface area (Å²) in [5, 5.41) is 16.1. The molecule has 0 spiro atoms. The number of nitro groups is 1. The van der Waals surface area contributed by atoms with Gasteiger partial charge >= 0.3 is 0 Å². The van der Waals surface area contributed by atoms with Crippen LogP contribution in [0.4, 0.5) is 5.69 Å². The summed E-state index contributed by atoms with van der Waals surface area (Å²) in [7, 11) is 1.53. The highest BCUT2D eigenvalue weighted by molar-refractivity contribution is 9.10. The van der Waals surface area contributed by atoms with Crippen molar-refractivity contribution < 1.29 is 14.4 Å². The van der Waals surface area contributed by atoms with E-state index in [4.69, 9.17) is 14.5 Å². The Labute approximate surface area is 233 Å². The molecule has 0 unspecified atom stereocenters.